The molecule has 1 aliphatic heterocycles. The first-order valence-electron chi connectivity index (χ1n) is 7.52. The van der Waals surface area contributed by atoms with Crippen molar-refractivity contribution in [2.24, 2.45) is 11.7 Å². The number of para-hydroxylation sites is 1. The molecule has 21 heavy (non-hydrogen) atoms. The number of hydrogen-bond donors (Lipinski definition) is 1. The Morgan fingerprint density at radius 3 is 2.71 bits per heavy atom. The van der Waals surface area contributed by atoms with Gasteiger partial charge in [-0.2, -0.15) is 0 Å². The third-order valence-corrected chi connectivity index (χ3v) is 3.98. The number of nitrogens with zero attached hydrogens (tertiary/aromatic N) is 2. The summed E-state index contributed by atoms with van der Waals surface area (Å²) in [6.45, 7) is 5.91. The van der Waals surface area contributed by atoms with Gasteiger partial charge in [0.15, 0.2) is 0 Å². The Labute approximate surface area is 133 Å². The molecule has 1 fully saturated rings. The molecule has 0 aliphatic carbocycles. The van der Waals surface area contributed by atoms with Gasteiger partial charge in [0.05, 0.1) is 6.54 Å². The van der Waals surface area contributed by atoms with Gasteiger partial charge in [-0.3, -0.25) is 9.69 Å². The van der Waals surface area contributed by atoms with Gasteiger partial charge in [-0.15, -0.1) is 12.4 Å². The first kappa shape index (κ1) is 18.0. The van der Waals surface area contributed by atoms with Crippen LogP contribution in [0.5, 0.6) is 0 Å². The Bertz CT molecular complexity index is 427. The van der Waals surface area contributed by atoms with Crippen LogP contribution in [-0.4, -0.2) is 43.5 Å². The second kappa shape index (κ2) is 9.03. The fourth-order valence-electron chi connectivity index (χ4n) is 2.87. The van der Waals surface area contributed by atoms with Crippen LogP contribution in [0.3, 0.4) is 0 Å². The van der Waals surface area contributed by atoms with E-state index in [1.807, 2.05) is 42.2 Å². The van der Waals surface area contributed by atoms with Crippen LogP contribution in [0.1, 0.15) is 19.8 Å². The molecule has 1 atom stereocenters. The number of amides is 1. The quantitative estimate of drug-likeness (QED) is 0.906. The Balaban J connectivity index is 0.00000220. The lowest BCUT2D eigenvalue weighted by atomic mass is 9.98. The molecule has 2 N–H and O–H groups in total. The molecule has 118 valence electrons. The second-order valence-corrected chi connectivity index (χ2v) is 5.45. The van der Waals surface area contributed by atoms with Gasteiger partial charge < -0.3 is 10.6 Å². The zero-order chi connectivity index (χ0) is 14.4. The molecule has 5 heteroatoms. The molecule has 2 rings (SSSR count). The van der Waals surface area contributed by atoms with Gasteiger partial charge in [0.2, 0.25) is 5.91 Å². The zero-order valence-electron chi connectivity index (χ0n) is 12.7. The van der Waals surface area contributed by atoms with Crippen LogP contribution >= 0.6 is 12.4 Å². The fourth-order valence-corrected chi connectivity index (χ4v) is 2.87. The van der Waals surface area contributed by atoms with Crippen LogP contribution in [0, 0.1) is 5.92 Å². The fraction of sp³-hybridized carbons (Fsp3) is 0.562. The number of carbonyl (C=O) groups is 1. The summed E-state index contributed by atoms with van der Waals surface area (Å²) >= 11 is 0. The summed E-state index contributed by atoms with van der Waals surface area (Å²) in [5, 5.41) is 0. The van der Waals surface area contributed by atoms with Gasteiger partial charge >= 0.3 is 0 Å². The molecule has 0 saturated carbocycles. The van der Waals surface area contributed by atoms with Crippen molar-refractivity contribution in [3.8, 4) is 0 Å². The van der Waals surface area contributed by atoms with Crippen LogP contribution in [0.2, 0.25) is 0 Å². The van der Waals surface area contributed by atoms with Crippen molar-refractivity contribution >= 4 is 24.0 Å². The first-order chi connectivity index (χ1) is 9.74. The average Bonchev–Trinajstić information content (AvgIpc) is 2.49. The van der Waals surface area contributed by atoms with E-state index in [0.717, 1.165) is 31.7 Å². The molecule has 1 aromatic rings. The number of hydrogen-bond acceptors (Lipinski definition) is 3. The van der Waals surface area contributed by atoms with Crippen LogP contribution in [-0.2, 0) is 4.79 Å². The number of carbonyl (C=O) groups excluding carboxylic acids is 1. The molecular formula is C16H26ClN3O. The van der Waals surface area contributed by atoms with E-state index in [1.54, 1.807) is 0 Å². The highest BCUT2D eigenvalue weighted by Crippen LogP contribution is 2.17. The van der Waals surface area contributed by atoms with E-state index >= 15 is 0 Å². The topological polar surface area (TPSA) is 49.6 Å². The lowest BCUT2D eigenvalue weighted by molar-refractivity contribution is -0.120. The summed E-state index contributed by atoms with van der Waals surface area (Å²) in [7, 11) is 0. The predicted octanol–water partition coefficient (Wildman–Crippen LogP) is 2.13. The van der Waals surface area contributed by atoms with Crippen molar-refractivity contribution in [2.75, 3.05) is 37.6 Å². The van der Waals surface area contributed by atoms with E-state index in [4.69, 9.17) is 5.73 Å². The van der Waals surface area contributed by atoms with Crippen molar-refractivity contribution in [1.82, 2.24) is 4.90 Å². The highest BCUT2D eigenvalue weighted by atomic mass is 35.5. The number of likely N-dealkylation sites (N-methyl/N-ethyl adjacent to an activating group) is 1. The van der Waals surface area contributed by atoms with Gasteiger partial charge in [-0.05, 0) is 50.9 Å². The maximum absolute atomic E-state index is 12.5. The van der Waals surface area contributed by atoms with Crippen LogP contribution in [0.25, 0.3) is 0 Å². The van der Waals surface area contributed by atoms with Gasteiger partial charge in [-0.25, -0.2) is 0 Å². The van der Waals surface area contributed by atoms with Crippen LogP contribution in [0.15, 0.2) is 30.3 Å². The van der Waals surface area contributed by atoms with Crippen molar-refractivity contribution < 1.29 is 4.79 Å². The summed E-state index contributed by atoms with van der Waals surface area (Å²) in [6, 6.07) is 9.88. The standard InChI is InChI=1S/C16H25N3O.ClH/c1-2-19(15-8-4-3-5-9-15)16(20)13-18-10-6-7-14(11-17)12-18;/h3-5,8-9,14H,2,6-7,10-13,17H2,1H3;1H. The minimum absolute atomic E-state index is 0. The molecule has 1 unspecified atom stereocenters. The molecule has 1 aliphatic rings. The monoisotopic (exact) mass is 311 g/mol. The largest absolute Gasteiger partial charge is 0.330 e. The zero-order valence-corrected chi connectivity index (χ0v) is 13.5. The smallest absolute Gasteiger partial charge is 0.241 e. The highest BCUT2D eigenvalue weighted by molar-refractivity contribution is 5.94. The van der Waals surface area contributed by atoms with Crippen LogP contribution < -0.4 is 10.6 Å². The molecule has 4 nitrogen and oxygen atoms in total. The maximum atomic E-state index is 12.5. The van der Waals surface area contributed by atoms with E-state index < -0.39 is 0 Å². The lowest BCUT2D eigenvalue weighted by Gasteiger charge is -2.33. The number of nitrogens with two attached hydrogens (primary N) is 1. The number of likely N-dealkylation sites (tertiary alicyclic amines) is 1. The number of anilines is 1. The minimum Gasteiger partial charge on any atom is -0.330 e. The van der Waals surface area contributed by atoms with Gasteiger partial charge in [0, 0.05) is 18.8 Å². The molecular weight excluding hydrogens is 286 g/mol. The SMILES string of the molecule is CCN(C(=O)CN1CCCC(CN)C1)c1ccccc1.Cl. The van der Waals surface area contributed by atoms with Gasteiger partial charge in [0.25, 0.3) is 0 Å². The van der Waals surface area contributed by atoms with E-state index in [9.17, 15) is 4.79 Å². The van der Waals surface area contributed by atoms with E-state index in [2.05, 4.69) is 4.90 Å². The Kier molecular flexibility index (Phi) is 7.72. The number of benzene rings is 1. The molecule has 0 aromatic heterocycles. The molecule has 1 aromatic carbocycles. The third kappa shape index (κ3) is 4.99. The van der Waals surface area contributed by atoms with E-state index in [1.165, 1.54) is 6.42 Å². The predicted molar refractivity (Wildman–Crippen MR) is 89.9 cm³/mol. The molecule has 1 heterocycles. The van der Waals surface area contributed by atoms with E-state index in [-0.39, 0.29) is 18.3 Å². The first-order valence-corrected chi connectivity index (χ1v) is 7.52. The molecule has 0 radical (unpaired) electrons. The molecule has 1 saturated heterocycles. The third-order valence-electron chi connectivity index (χ3n) is 3.98. The molecule has 0 spiro atoms. The Morgan fingerprint density at radius 1 is 1.38 bits per heavy atom. The normalized spacial score (nSPS) is 18.9. The summed E-state index contributed by atoms with van der Waals surface area (Å²) < 4.78 is 0. The number of halogens is 1. The average molecular weight is 312 g/mol. The summed E-state index contributed by atoms with van der Waals surface area (Å²) in [5.41, 5.74) is 6.73. The Hall–Kier alpha value is -1.10. The summed E-state index contributed by atoms with van der Waals surface area (Å²) in [5.74, 6) is 0.722. The van der Waals surface area contributed by atoms with Crippen LogP contribution in [0.4, 0.5) is 5.69 Å². The van der Waals surface area contributed by atoms with Crippen molar-refractivity contribution in [3.05, 3.63) is 30.3 Å². The van der Waals surface area contributed by atoms with E-state index in [0.29, 0.717) is 19.0 Å². The number of piperidine rings is 1. The molecule has 0 bridgehead atoms. The summed E-state index contributed by atoms with van der Waals surface area (Å²) in [4.78, 5) is 16.6. The van der Waals surface area contributed by atoms with Crippen molar-refractivity contribution in [3.63, 3.8) is 0 Å². The highest BCUT2D eigenvalue weighted by Gasteiger charge is 2.23. The van der Waals surface area contributed by atoms with Crippen molar-refractivity contribution in [2.45, 2.75) is 19.8 Å². The summed E-state index contributed by atoms with van der Waals surface area (Å²) in [6.07, 6.45) is 2.34. The molecule has 1 amide bonds. The lowest BCUT2D eigenvalue weighted by Crippen LogP contribution is -2.45. The second-order valence-electron chi connectivity index (χ2n) is 5.45. The van der Waals surface area contributed by atoms with Gasteiger partial charge in [0.1, 0.15) is 0 Å². The minimum atomic E-state index is 0. The Morgan fingerprint density at radius 2 is 2.10 bits per heavy atom. The van der Waals surface area contributed by atoms with Crippen molar-refractivity contribution in [1.29, 1.82) is 0 Å². The maximum Gasteiger partial charge on any atom is 0.241 e. The van der Waals surface area contributed by atoms with Gasteiger partial charge in [-0.1, -0.05) is 18.2 Å². The number of rotatable bonds is 5.